The number of ether oxygens (including phenoxy) is 1. The summed E-state index contributed by atoms with van der Waals surface area (Å²) in [4.78, 5) is 21.2. The minimum Gasteiger partial charge on any atom is -0.488 e. The van der Waals surface area contributed by atoms with E-state index in [4.69, 9.17) is 9.84 Å². The molecular formula is C14H19NO4. The molecule has 5 heteroatoms. The number of benzene rings is 1. The van der Waals surface area contributed by atoms with E-state index in [1.54, 1.807) is 24.3 Å². The van der Waals surface area contributed by atoms with E-state index in [-0.39, 0.29) is 12.0 Å². The van der Waals surface area contributed by atoms with Gasteiger partial charge in [0, 0.05) is 6.42 Å². The van der Waals surface area contributed by atoms with Crippen LogP contribution < -0.4 is 10.1 Å². The number of carboxylic acid groups (broad SMARTS) is 1. The first-order valence-corrected chi connectivity index (χ1v) is 6.02. The van der Waals surface area contributed by atoms with Gasteiger partial charge in [-0.1, -0.05) is 12.1 Å². The number of rotatable bonds is 6. The summed E-state index contributed by atoms with van der Waals surface area (Å²) in [6.07, 6.45) is 0.639. The summed E-state index contributed by atoms with van der Waals surface area (Å²) in [6, 6.07) is 6.26. The van der Waals surface area contributed by atoms with E-state index in [0.717, 1.165) is 11.3 Å². The molecule has 0 spiro atoms. The molecule has 1 aromatic rings. The third-order valence-electron chi connectivity index (χ3n) is 2.35. The Morgan fingerprint density at radius 1 is 1.37 bits per heavy atom. The van der Waals surface area contributed by atoms with Gasteiger partial charge in [-0.15, -0.1) is 0 Å². The lowest BCUT2D eigenvalue weighted by Crippen LogP contribution is -2.37. The Bertz CT molecular complexity index is 434. The highest BCUT2D eigenvalue weighted by Gasteiger charge is 2.17. The van der Waals surface area contributed by atoms with Gasteiger partial charge >= 0.3 is 5.97 Å². The minimum absolute atomic E-state index is 0.240. The van der Waals surface area contributed by atoms with E-state index in [2.05, 4.69) is 5.32 Å². The second-order valence-corrected chi connectivity index (χ2v) is 5.24. The first kappa shape index (κ1) is 15.0. The Morgan fingerprint density at radius 3 is 2.37 bits per heavy atom. The molecule has 0 aromatic heterocycles. The maximum Gasteiger partial charge on any atom is 0.326 e. The van der Waals surface area contributed by atoms with Crippen molar-refractivity contribution < 1.29 is 19.4 Å². The second kappa shape index (κ2) is 6.22. The zero-order valence-corrected chi connectivity index (χ0v) is 11.3. The molecule has 0 fully saturated rings. The topological polar surface area (TPSA) is 75.6 Å². The lowest BCUT2D eigenvalue weighted by molar-refractivity contribution is -0.140. The van der Waals surface area contributed by atoms with Crippen molar-refractivity contribution in [2.75, 3.05) is 0 Å². The molecule has 5 nitrogen and oxygen atoms in total. The molecule has 1 atom stereocenters. The molecule has 1 rings (SSSR count). The van der Waals surface area contributed by atoms with Crippen LogP contribution in [0.4, 0.5) is 0 Å². The summed E-state index contributed by atoms with van der Waals surface area (Å²) in [6.45, 7) is 5.86. The van der Waals surface area contributed by atoms with E-state index < -0.39 is 12.0 Å². The molecule has 0 aliphatic carbocycles. The van der Waals surface area contributed by atoms with Crippen molar-refractivity contribution in [3.05, 3.63) is 29.8 Å². The highest BCUT2D eigenvalue weighted by atomic mass is 16.5. The fourth-order valence-corrected chi connectivity index (χ4v) is 1.58. The lowest BCUT2D eigenvalue weighted by atomic mass is 10.1. The quantitative estimate of drug-likeness (QED) is 0.766. The maximum absolute atomic E-state index is 10.9. The Labute approximate surface area is 112 Å². The van der Waals surface area contributed by atoms with Crippen molar-refractivity contribution in [2.24, 2.45) is 0 Å². The van der Waals surface area contributed by atoms with Crippen molar-refractivity contribution in [2.45, 2.75) is 38.8 Å². The van der Waals surface area contributed by atoms with Crippen LogP contribution in [0.15, 0.2) is 24.3 Å². The first-order chi connectivity index (χ1) is 8.81. The van der Waals surface area contributed by atoms with Gasteiger partial charge in [-0.05, 0) is 38.5 Å². The number of nitrogens with one attached hydrogen (secondary N) is 1. The van der Waals surface area contributed by atoms with Gasteiger partial charge < -0.3 is 15.2 Å². The van der Waals surface area contributed by atoms with Crippen LogP contribution in [0.3, 0.4) is 0 Å². The van der Waals surface area contributed by atoms with Crippen LogP contribution in [-0.2, 0) is 16.0 Å². The van der Waals surface area contributed by atoms with Gasteiger partial charge in [0.25, 0.3) is 0 Å². The van der Waals surface area contributed by atoms with Gasteiger partial charge in [0.1, 0.15) is 17.4 Å². The molecule has 0 aliphatic heterocycles. The minimum atomic E-state index is -1.05. The summed E-state index contributed by atoms with van der Waals surface area (Å²) in [5.74, 6) is -0.325. The third kappa shape index (κ3) is 5.42. The predicted octanol–water partition coefficient (Wildman–Crippen LogP) is 1.61. The monoisotopic (exact) mass is 265 g/mol. The van der Waals surface area contributed by atoms with Crippen molar-refractivity contribution in [3.8, 4) is 5.75 Å². The Hall–Kier alpha value is -2.04. The number of aliphatic carboxylic acids is 1. The Morgan fingerprint density at radius 2 is 1.95 bits per heavy atom. The zero-order chi connectivity index (χ0) is 14.5. The second-order valence-electron chi connectivity index (χ2n) is 5.24. The lowest BCUT2D eigenvalue weighted by Gasteiger charge is -2.21. The van der Waals surface area contributed by atoms with Gasteiger partial charge in [0.2, 0.25) is 6.41 Å². The Balaban J connectivity index is 2.70. The largest absolute Gasteiger partial charge is 0.488 e. The van der Waals surface area contributed by atoms with E-state index in [0.29, 0.717) is 6.41 Å². The molecule has 0 saturated carbocycles. The van der Waals surface area contributed by atoms with E-state index in [1.807, 2.05) is 20.8 Å². The maximum atomic E-state index is 10.9. The van der Waals surface area contributed by atoms with Gasteiger partial charge in [-0.25, -0.2) is 4.79 Å². The standard InChI is InChI=1S/C14H19NO4/c1-14(2,3)19-11-6-4-10(5-7-11)8-12(13(17)18)15-9-16/h4-7,9,12H,8H2,1-3H3,(H,15,16)(H,17,18)/t12-/m0/s1. The number of carbonyl (C=O) groups excluding carboxylic acids is 1. The third-order valence-corrected chi connectivity index (χ3v) is 2.35. The van der Waals surface area contributed by atoms with Crippen molar-refractivity contribution in [1.29, 1.82) is 0 Å². The average Bonchev–Trinajstić information content (AvgIpc) is 2.29. The van der Waals surface area contributed by atoms with Gasteiger partial charge in [0.05, 0.1) is 0 Å². The van der Waals surface area contributed by atoms with Crippen LogP contribution in [0.1, 0.15) is 26.3 Å². The van der Waals surface area contributed by atoms with E-state index in [1.165, 1.54) is 0 Å². The molecule has 0 radical (unpaired) electrons. The summed E-state index contributed by atoms with van der Waals surface area (Å²) >= 11 is 0. The van der Waals surface area contributed by atoms with Gasteiger partial charge in [-0.2, -0.15) is 0 Å². The Kier molecular flexibility index (Phi) is 4.92. The molecule has 0 aliphatic rings. The van der Waals surface area contributed by atoms with Crippen LogP contribution in [0.5, 0.6) is 5.75 Å². The summed E-state index contributed by atoms with van der Waals surface area (Å²) < 4.78 is 5.67. The molecule has 0 heterocycles. The van der Waals surface area contributed by atoms with Gasteiger partial charge in [0.15, 0.2) is 0 Å². The van der Waals surface area contributed by atoms with E-state index in [9.17, 15) is 9.59 Å². The van der Waals surface area contributed by atoms with Crippen LogP contribution in [0.25, 0.3) is 0 Å². The van der Waals surface area contributed by atoms with Crippen LogP contribution >= 0.6 is 0 Å². The normalized spacial score (nSPS) is 12.6. The highest BCUT2D eigenvalue weighted by molar-refractivity contribution is 5.76. The number of carboxylic acids is 1. The molecular weight excluding hydrogens is 246 g/mol. The molecule has 1 amide bonds. The number of hydrogen-bond donors (Lipinski definition) is 2. The van der Waals surface area contributed by atoms with Crippen LogP contribution in [0.2, 0.25) is 0 Å². The number of carbonyl (C=O) groups is 2. The highest BCUT2D eigenvalue weighted by Crippen LogP contribution is 2.19. The van der Waals surface area contributed by atoms with Crippen molar-refractivity contribution in [1.82, 2.24) is 5.32 Å². The van der Waals surface area contributed by atoms with Gasteiger partial charge in [-0.3, -0.25) is 4.79 Å². The molecule has 0 saturated heterocycles. The van der Waals surface area contributed by atoms with Crippen LogP contribution in [0, 0.1) is 0 Å². The molecule has 19 heavy (non-hydrogen) atoms. The van der Waals surface area contributed by atoms with Crippen molar-refractivity contribution in [3.63, 3.8) is 0 Å². The molecule has 2 N–H and O–H groups in total. The summed E-state index contributed by atoms with van der Waals surface area (Å²) in [7, 11) is 0. The van der Waals surface area contributed by atoms with E-state index >= 15 is 0 Å². The summed E-state index contributed by atoms with van der Waals surface area (Å²) in [5.41, 5.74) is 0.549. The number of hydrogen-bond acceptors (Lipinski definition) is 3. The molecule has 0 unspecified atom stereocenters. The molecule has 104 valence electrons. The molecule has 0 bridgehead atoms. The predicted molar refractivity (Wildman–Crippen MR) is 71.2 cm³/mol. The molecule has 1 aromatic carbocycles. The number of amides is 1. The van der Waals surface area contributed by atoms with Crippen molar-refractivity contribution >= 4 is 12.4 Å². The fraction of sp³-hybridized carbons (Fsp3) is 0.429. The first-order valence-electron chi connectivity index (χ1n) is 6.02. The smallest absolute Gasteiger partial charge is 0.326 e. The zero-order valence-electron chi connectivity index (χ0n) is 11.3. The average molecular weight is 265 g/mol. The summed E-state index contributed by atoms with van der Waals surface area (Å²) in [5, 5.41) is 11.2. The van der Waals surface area contributed by atoms with Crippen LogP contribution in [-0.4, -0.2) is 29.1 Å². The fourth-order valence-electron chi connectivity index (χ4n) is 1.58. The SMILES string of the molecule is CC(C)(C)Oc1ccc(C[C@H](NC=O)C(=O)O)cc1.